The summed E-state index contributed by atoms with van der Waals surface area (Å²) in [4.78, 5) is 0. The molecule has 0 amide bonds. The molecule has 0 atom stereocenters. The second-order valence-corrected chi connectivity index (χ2v) is 4.22. The van der Waals surface area contributed by atoms with Gasteiger partial charge in [0.1, 0.15) is 13.6 Å². The Morgan fingerprint density at radius 3 is 1.81 bits per heavy atom. The summed E-state index contributed by atoms with van der Waals surface area (Å²) in [6.45, 7) is 8.61. The first kappa shape index (κ1) is 15.0. The van der Waals surface area contributed by atoms with E-state index in [2.05, 4.69) is 33.0 Å². The van der Waals surface area contributed by atoms with Crippen molar-refractivity contribution in [3.63, 3.8) is 0 Å². The van der Waals surface area contributed by atoms with Gasteiger partial charge in [0.05, 0.1) is 7.11 Å². The summed E-state index contributed by atoms with van der Waals surface area (Å²) in [5, 5.41) is 3.31. The van der Waals surface area contributed by atoms with Crippen LogP contribution in [0, 0.1) is 0 Å². The Hall–Kier alpha value is -0.955. The van der Waals surface area contributed by atoms with Crippen molar-refractivity contribution < 1.29 is 4.74 Å². The van der Waals surface area contributed by atoms with Crippen molar-refractivity contribution in [2.24, 2.45) is 0 Å². The third-order valence-electron chi connectivity index (χ3n) is 1.81. The molecule has 0 unspecified atom stereocenters. The highest BCUT2D eigenvalue weighted by atomic mass is 16.5. The number of nitrogens with one attached hydrogen (secondary N) is 1. The minimum absolute atomic E-state index is 0.625. The molecule has 1 aromatic carbocycles. The lowest BCUT2D eigenvalue weighted by Gasteiger charge is -2.10. The number of ether oxygens (including phenoxy) is 1. The second-order valence-electron chi connectivity index (χ2n) is 4.22. The predicted molar refractivity (Wildman–Crippen MR) is 71.8 cm³/mol. The van der Waals surface area contributed by atoms with Gasteiger partial charge in [0.25, 0.3) is 0 Å². The Morgan fingerprint density at radius 1 is 1.06 bits per heavy atom. The zero-order valence-corrected chi connectivity index (χ0v) is 10.9. The maximum absolute atomic E-state index is 5.51. The summed E-state index contributed by atoms with van der Waals surface area (Å²) >= 11 is 0. The van der Waals surface area contributed by atoms with E-state index < -0.39 is 0 Å². The fourth-order valence-corrected chi connectivity index (χ4v) is 1.33. The van der Waals surface area contributed by atoms with Crippen molar-refractivity contribution in [2.45, 2.75) is 39.8 Å². The normalized spacial score (nSPS) is 9.94. The molecule has 0 saturated carbocycles. The third-order valence-corrected chi connectivity index (χ3v) is 1.81. The lowest BCUT2D eigenvalue weighted by atomic mass is 9.95. The van der Waals surface area contributed by atoms with E-state index in [0.29, 0.717) is 17.5 Å². The molecule has 16 heavy (non-hydrogen) atoms. The molecule has 1 rings (SSSR count). The number of hydrogen-bond donors (Lipinski definition) is 1. The fourth-order valence-electron chi connectivity index (χ4n) is 1.33. The smallest absolute Gasteiger partial charge is 0.119 e. The molecular weight excluding hydrogens is 197 g/mol. The van der Waals surface area contributed by atoms with Gasteiger partial charge in [0, 0.05) is 12.1 Å². The Kier molecular flexibility index (Phi) is 7.74. The van der Waals surface area contributed by atoms with Crippen LogP contribution in [0.25, 0.3) is 0 Å². The van der Waals surface area contributed by atoms with Gasteiger partial charge in [-0.15, -0.1) is 0 Å². The molecule has 0 spiro atoms. The predicted octanol–water partition coefficient (Wildman–Crippen LogP) is 1.88. The first-order chi connectivity index (χ1) is 7.47. The Labute approximate surface area is 101 Å². The highest BCUT2D eigenvalue weighted by Gasteiger charge is 1.92. The summed E-state index contributed by atoms with van der Waals surface area (Å²) < 4.78 is 4.92. The largest absolute Gasteiger partial charge is 0.497 e. The van der Waals surface area contributed by atoms with E-state index in [1.807, 2.05) is 18.2 Å². The first-order valence-corrected chi connectivity index (χ1v) is 5.62. The van der Waals surface area contributed by atoms with Gasteiger partial charge in [0.2, 0.25) is 0 Å². The van der Waals surface area contributed by atoms with Crippen LogP contribution in [-0.2, 0) is 0 Å². The zero-order chi connectivity index (χ0) is 12.6. The van der Waals surface area contributed by atoms with Crippen LogP contribution >= 0.6 is 0 Å². The van der Waals surface area contributed by atoms with Gasteiger partial charge in [-0.1, -0.05) is 51.4 Å². The van der Waals surface area contributed by atoms with E-state index in [0.717, 1.165) is 5.75 Å². The minimum Gasteiger partial charge on any atom is -0.497 e. The van der Waals surface area contributed by atoms with Crippen LogP contribution in [0.5, 0.6) is 5.75 Å². The SMILES string of the molecule is CC(C)NC(C)C.[B]c1ccccc1OC. The molecule has 3 heteroatoms. The first-order valence-electron chi connectivity index (χ1n) is 5.62. The third kappa shape index (κ3) is 7.35. The number of methoxy groups -OCH3 is 1. The molecule has 2 nitrogen and oxygen atoms in total. The van der Waals surface area contributed by atoms with E-state index in [1.165, 1.54) is 0 Å². The minimum atomic E-state index is 0.625. The Balaban J connectivity index is 0.000000293. The van der Waals surface area contributed by atoms with Crippen LogP contribution in [0.1, 0.15) is 27.7 Å². The van der Waals surface area contributed by atoms with Crippen LogP contribution < -0.4 is 15.5 Å². The topological polar surface area (TPSA) is 21.3 Å². The van der Waals surface area contributed by atoms with Gasteiger partial charge in [-0.2, -0.15) is 0 Å². The molecule has 0 aliphatic carbocycles. The van der Waals surface area contributed by atoms with Crippen molar-refractivity contribution in [1.82, 2.24) is 5.32 Å². The van der Waals surface area contributed by atoms with Crippen molar-refractivity contribution in [1.29, 1.82) is 0 Å². The van der Waals surface area contributed by atoms with E-state index in [1.54, 1.807) is 13.2 Å². The quantitative estimate of drug-likeness (QED) is 0.783. The highest BCUT2D eigenvalue weighted by molar-refractivity contribution is 6.34. The lowest BCUT2D eigenvalue weighted by molar-refractivity contribution is 0.418. The monoisotopic (exact) mass is 219 g/mol. The van der Waals surface area contributed by atoms with E-state index in [4.69, 9.17) is 12.6 Å². The molecule has 0 aliphatic rings. The van der Waals surface area contributed by atoms with E-state index >= 15 is 0 Å². The maximum atomic E-state index is 5.51. The van der Waals surface area contributed by atoms with Gasteiger partial charge >= 0.3 is 0 Å². The summed E-state index contributed by atoms with van der Waals surface area (Å²) in [5.41, 5.74) is 0.681. The second kappa shape index (κ2) is 8.23. The molecule has 0 aliphatic heterocycles. The van der Waals surface area contributed by atoms with Crippen molar-refractivity contribution in [2.75, 3.05) is 7.11 Å². The summed E-state index contributed by atoms with van der Waals surface area (Å²) in [6, 6.07) is 8.64. The molecule has 2 radical (unpaired) electrons. The number of para-hydroxylation sites is 1. The van der Waals surface area contributed by atoms with Crippen LogP contribution in [0.15, 0.2) is 24.3 Å². The van der Waals surface area contributed by atoms with Crippen molar-refractivity contribution in [3.8, 4) is 5.75 Å². The summed E-state index contributed by atoms with van der Waals surface area (Å²) in [7, 11) is 7.11. The van der Waals surface area contributed by atoms with Crippen LogP contribution in [0.4, 0.5) is 0 Å². The molecular formula is C13H22BNO. The number of hydrogen-bond acceptors (Lipinski definition) is 2. The number of rotatable bonds is 3. The average Bonchev–Trinajstić information content (AvgIpc) is 2.17. The summed E-state index contributed by atoms with van der Waals surface area (Å²) in [5.74, 6) is 0.734. The molecule has 0 saturated heterocycles. The number of benzene rings is 1. The fraction of sp³-hybridized carbons (Fsp3) is 0.538. The Bertz CT molecular complexity index is 281. The van der Waals surface area contributed by atoms with Crippen LogP contribution in [-0.4, -0.2) is 27.0 Å². The van der Waals surface area contributed by atoms with E-state index in [-0.39, 0.29) is 0 Å². The van der Waals surface area contributed by atoms with Gasteiger partial charge < -0.3 is 10.1 Å². The van der Waals surface area contributed by atoms with Crippen molar-refractivity contribution >= 4 is 13.3 Å². The van der Waals surface area contributed by atoms with Gasteiger partial charge in [-0.3, -0.25) is 0 Å². The molecule has 0 aromatic heterocycles. The van der Waals surface area contributed by atoms with Crippen LogP contribution in [0.2, 0.25) is 0 Å². The zero-order valence-electron chi connectivity index (χ0n) is 10.9. The lowest BCUT2D eigenvalue weighted by Crippen LogP contribution is -2.29. The maximum Gasteiger partial charge on any atom is 0.119 e. The Morgan fingerprint density at radius 2 is 1.56 bits per heavy atom. The standard InChI is InChI=1S/C7H7BO.C6H15N/c1-9-7-5-3-2-4-6(7)8;1-5(2)7-6(3)4/h2-5H,1H3;5-7H,1-4H3. The summed E-state index contributed by atoms with van der Waals surface area (Å²) in [6.07, 6.45) is 0. The van der Waals surface area contributed by atoms with Crippen molar-refractivity contribution in [3.05, 3.63) is 24.3 Å². The van der Waals surface area contributed by atoms with Gasteiger partial charge in [0.15, 0.2) is 0 Å². The van der Waals surface area contributed by atoms with E-state index in [9.17, 15) is 0 Å². The van der Waals surface area contributed by atoms with Gasteiger partial charge in [-0.05, 0) is 6.07 Å². The molecule has 1 aromatic rings. The molecule has 0 heterocycles. The highest BCUT2D eigenvalue weighted by Crippen LogP contribution is 2.01. The molecule has 0 fully saturated rings. The molecule has 1 N–H and O–H groups in total. The average molecular weight is 219 g/mol. The molecule has 88 valence electrons. The molecule has 0 bridgehead atoms. The van der Waals surface area contributed by atoms with Crippen LogP contribution in [0.3, 0.4) is 0 Å². The van der Waals surface area contributed by atoms with Gasteiger partial charge in [-0.25, -0.2) is 0 Å².